The van der Waals surface area contributed by atoms with Crippen LogP contribution in [0.2, 0.25) is 0 Å². The monoisotopic (exact) mass is 286 g/mol. The maximum Gasteiger partial charge on any atom is 0.319 e. The Morgan fingerprint density at radius 1 is 1.29 bits per heavy atom. The average Bonchev–Trinajstić information content (AvgIpc) is 2.85. The summed E-state index contributed by atoms with van der Waals surface area (Å²) in [5, 5.41) is 9.54. The molecule has 6 nitrogen and oxygen atoms in total. The number of carbonyl (C=O) groups is 2. The third kappa shape index (κ3) is 4.17. The summed E-state index contributed by atoms with van der Waals surface area (Å²) in [4.78, 5) is 23.1. The summed E-state index contributed by atoms with van der Waals surface area (Å²) in [7, 11) is 1.86. The van der Waals surface area contributed by atoms with E-state index in [1.165, 1.54) is 6.92 Å². The lowest BCUT2D eigenvalue weighted by molar-refractivity contribution is 0.101. The van der Waals surface area contributed by atoms with Crippen LogP contribution in [-0.2, 0) is 13.5 Å². The first-order chi connectivity index (χ1) is 10.1. The molecule has 0 aliphatic carbocycles. The van der Waals surface area contributed by atoms with Gasteiger partial charge in [0.05, 0.1) is 0 Å². The molecule has 2 amide bonds. The van der Waals surface area contributed by atoms with Crippen LogP contribution < -0.4 is 10.6 Å². The molecule has 1 aromatic heterocycles. The van der Waals surface area contributed by atoms with Gasteiger partial charge in [-0.3, -0.25) is 9.48 Å². The summed E-state index contributed by atoms with van der Waals surface area (Å²) in [6.07, 6.45) is 2.43. The maximum absolute atomic E-state index is 11.8. The van der Waals surface area contributed by atoms with E-state index in [-0.39, 0.29) is 11.8 Å². The van der Waals surface area contributed by atoms with E-state index in [1.807, 2.05) is 13.1 Å². The molecule has 1 heterocycles. The Morgan fingerprint density at radius 3 is 2.76 bits per heavy atom. The second-order valence-corrected chi connectivity index (χ2v) is 4.71. The fourth-order valence-electron chi connectivity index (χ4n) is 1.94. The molecule has 0 unspecified atom stereocenters. The van der Waals surface area contributed by atoms with Crippen LogP contribution in [0.5, 0.6) is 0 Å². The molecule has 0 fully saturated rings. The number of rotatable bonds is 5. The fourth-order valence-corrected chi connectivity index (χ4v) is 1.94. The van der Waals surface area contributed by atoms with Gasteiger partial charge in [0, 0.05) is 43.2 Å². The number of nitrogens with one attached hydrogen (secondary N) is 2. The van der Waals surface area contributed by atoms with Crippen LogP contribution in [0.1, 0.15) is 23.0 Å². The highest BCUT2D eigenvalue weighted by Gasteiger charge is 2.05. The third-order valence-corrected chi connectivity index (χ3v) is 3.12. The number of urea groups is 1. The first kappa shape index (κ1) is 14.8. The van der Waals surface area contributed by atoms with Crippen molar-refractivity contribution < 1.29 is 9.59 Å². The van der Waals surface area contributed by atoms with Crippen molar-refractivity contribution in [2.75, 3.05) is 11.9 Å². The van der Waals surface area contributed by atoms with Crippen molar-refractivity contribution in [1.82, 2.24) is 15.1 Å². The lowest BCUT2D eigenvalue weighted by atomic mass is 10.1. The van der Waals surface area contributed by atoms with E-state index in [0.29, 0.717) is 24.2 Å². The molecule has 6 heteroatoms. The topological polar surface area (TPSA) is 76.0 Å². The van der Waals surface area contributed by atoms with E-state index in [2.05, 4.69) is 15.7 Å². The van der Waals surface area contributed by atoms with Crippen LogP contribution in [0.4, 0.5) is 10.5 Å². The molecule has 0 spiro atoms. The van der Waals surface area contributed by atoms with Crippen molar-refractivity contribution in [1.29, 1.82) is 0 Å². The average molecular weight is 286 g/mol. The summed E-state index contributed by atoms with van der Waals surface area (Å²) >= 11 is 0. The Hall–Kier alpha value is -2.63. The lowest BCUT2D eigenvalue weighted by Crippen LogP contribution is -2.30. The molecule has 0 bridgehead atoms. The predicted octanol–water partition coefficient (Wildman–Crippen LogP) is 1.99. The molecule has 0 aliphatic rings. The largest absolute Gasteiger partial charge is 0.337 e. The Labute approximate surface area is 123 Å². The Bertz CT molecular complexity index is 649. The van der Waals surface area contributed by atoms with Gasteiger partial charge in [-0.1, -0.05) is 12.1 Å². The number of anilines is 1. The van der Waals surface area contributed by atoms with Crippen molar-refractivity contribution in [2.24, 2.45) is 7.05 Å². The minimum absolute atomic E-state index is 0.0322. The smallest absolute Gasteiger partial charge is 0.319 e. The van der Waals surface area contributed by atoms with Gasteiger partial charge in [-0.25, -0.2) is 4.79 Å². The lowest BCUT2D eigenvalue weighted by Gasteiger charge is -2.08. The molecular formula is C15H18N4O2. The molecule has 1 aromatic carbocycles. The fraction of sp³-hybridized carbons (Fsp3) is 0.267. The van der Waals surface area contributed by atoms with E-state index in [0.717, 1.165) is 5.69 Å². The Kier molecular flexibility index (Phi) is 4.71. The van der Waals surface area contributed by atoms with E-state index >= 15 is 0 Å². The molecule has 2 N–H and O–H groups in total. The molecular weight excluding hydrogens is 268 g/mol. The predicted molar refractivity (Wildman–Crippen MR) is 80.4 cm³/mol. The summed E-state index contributed by atoms with van der Waals surface area (Å²) in [5.74, 6) is -0.0322. The molecule has 0 atom stereocenters. The molecule has 2 aromatic rings. The number of aryl methyl sites for hydroxylation is 1. The van der Waals surface area contributed by atoms with Crippen molar-refractivity contribution >= 4 is 17.5 Å². The highest BCUT2D eigenvalue weighted by atomic mass is 16.2. The van der Waals surface area contributed by atoms with Crippen LogP contribution in [0.3, 0.4) is 0 Å². The van der Waals surface area contributed by atoms with Crippen molar-refractivity contribution in [2.45, 2.75) is 13.3 Å². The van der Waals surface area contributed by atoms with E-state index in [1.54, 1.807) is 35.1 Å². The van der Waals surface area contributed by atoms with E-state index in [4.69, 9.17) is 0 Å². The van der Waals surface area contributed by atoms with Crippen LogP contribution in [-0.4, -0.2) is 28.1 Å². The zero-order chi connectivity index (χ0) is 15.2. The highest BCUT2D eigenvalue weighted by Crippen LogP contribution is 2.10. The quantitative estimate of drug-likeness (QED) is 0.825. The molecule has 0 radical (unpaired) electrons. The number of hydrogen-bond donors (Lipinski definition) is 2. The van der Waals surface area contributed by atoms with Gasteiger partial charge in [0.2, 0.25) is 0 Å². The molecule has 0 saturated carbocycles. The molecule has 2 rings (SSSR count). The molecule has 0 aliphatic heterocycles. The molecule has 110 valence electrons. The number of carbonyl (C=O) groups excluding carboxylic acids is 2. The van der Waals surface area contributed by atoms with Gasteiger partial charge >= 0.3 is 6.03 Å². The van der Waals surface area contributed by atoms with Gasteiger partial charge in [0.1, 0.15) is 0 Å². The van der Waals surface area contributed by atoms with Gasteiger partial charge in [-0.2, -0.15) is 5.10 Å². The van der Waals surface area contributed by atoms with Gasteiger partial charge in [-0.15, -0.1) is 0 Å². The molecule has 21 heavy (non-hydrogen) atoms. The SMILES string of the molecule is CC(=O)c1cccc(NC(=O)NCCc2ccnn2C)c1. The van der Waals surface area contributed by atoms with Crippen LogP contribution in [0.25, 0.3) is 0 Å². The van der Waals surface area contributed by atoms with Crippen molar-refractivity contribution in [3.05, 3.63) is 47.8 Å². The summed E-state index contributed by atoms with van der Waals surface area (Å²) < 4.78 is 1.77. The minimum atomic E-state index is -0.294. The summed E-state index contributed by atoms with van der Waals surface area (Å²) in [6.45, 7) is 2.00. The zero-order valence-electron chi connectivity index (χ0n) is 12.1. The standard InChI is InChI=1S/C15H18N4O2/c1-11(20)12-4-3-5-13(10-12)18-15(21)16-8-6-14-7-9-17-19(14)2/h3-5,7,9-10H,6,8H2,1-2H3,(H2,16,18,21). The van der Waals surface area contributed by atoms with E-state index < -0.39 is 0 Å². The van der Waals surface area contributed by atoms with Crippen LogP contribution in [0, 0.1) is 0 Å². The van der Waals surface area contributed by atoms with Gasteiger partial charge in [0.15, 0.2) is 5.78 Å². The number of benzene rings is 1. The highest BCUT2D eigenvalue weighted by molar-refractivity contribution is 5.96. The Balaban J connectivity index is 1.83. The van der Waals surface area contributed by atoms with E-state index in [9.17, 15) is 9.59 Å². The second-order valence-electron chi connectivity index (χ2n) is 4.71. The van der Waals surface area contributed by atoms with Gasteiger partial charge in [-0.05, 0) is 25.1 Å². The first-order valence-corrected chi connectivity index (χ1v) is 6.69. The second kappa shape index (κ2) is 6.69. The summed E-state index contributed by atoms with van der Waals surface area (Å²) in [6, 6.07) is 8.47. The number of ketones is 1. The van der Waals surface area contributed by atoms with Crippen LogP contribution >= 0.6 is 0 Å². The Morgan fingerprint density at radius 2 is 2.10 bits per heavy atom. The number of aromatic nitrogens is 2. The first-order valence-electron chi connectivity index (χ1n) is 6.69. The number of nitrogens with zero attached hydrogens (tertiary/aromatic N) is 2. The van der Waals surface area contributed by atoms with Gasteiger partial charge < -0.3 is 10.6 Å². The number of amides is 2. The summed E-state index contributed by atoms with van der Waals surface area (Å²) in [5.41, 5.74) is 2.22. The van der Waals surface area contributed by atoms with Crippen LogP contribution in [0.15, 0.2) is 36.5 Å². The number of hydrogen-bond acceptors (Lipinski definition) is 3. The van der Waals surface area contributed by atoms with Crippen molar-refractivity contribution in [3.63, 3.8) is 0 Å². The zero-order valence-corrected chi connectivity index (χ0v) is 12.1. The third-order valence-electron chi connectivity index (χ3n) is 3.12. The normalized spacial score (nSPS) is 10.2. The minimum Gasteiger partial charge on any atom is -0.337 e. The maximum atomic E-state index is 11.8. The number of Topliss-reactive ketones (excluding diaryl/α,β-unsaturated/α-hetero) is 1. The van der Waals surface area contributed by atoms with Crippen molar-refractivity contribution in [3.8, 4) is 0 Å². The molecule has 0 saturated heterocycles. The van der Waals surface area contributed by atoms with Gasteiger partial charge in [0.25, 0.3) is 0 Å².